The molecule has 1 aromatic heterocycles. The van der Waals surface area contributed by atoms with Crippen LogP contribution in [0, 0.1) is 5.82 Å². The highest BCUT2D eigenvalue weighted by Gasteiger charge is 2.39. The number of fused-ring (bicyclic) bond motifs is 1. The van der Waals surface area contributed by atoms with Crippen molar-refractivity contribution < 1.29 is 33.7 Å². The zero-order valence-corrected chi connectivity index (χ0v) is 20.1. The molecule has 1 fully saturated rings. The van der Waals surface area contributed by atoms with Crippen molar-refractivity contribution in [3.8, 4) is 0 Å². The third kappa shape index (κ3) is 4.84. The van der Waals surface area contributed by atoms with Crippen LogP contribution < -0.4 is 15.5 Å². The number of hydrogen-bond donors (Lipinski definition) is 4. The standard InChI is InChI=1S/C26H25FN4O6.CH4/c1-26(2)17(9-20(37-26)23-16-7-14(27)4-5-18(16)30-25(23)36)13-3-6-21(28-10-13)31-12-15(32)8-19(31)24(35)29-11-22(33)34;/h3-7,9-10,15,19,32H,8,11-12H2,1-2H3,(H,29,35)(H,30,36)(H,33,34);1H4/b23-20+;/t15-,19+;/m1./s1. The first-order valence-corrected chi connectivity index (χ1v) is 11.7. The Kier molecular flexibility index (Phi) is 6.98. The summed E-state index contributed by atoms with van der Waals surface area (Å²) in [5.74, 6) is -1.72. The minimum Gasteiger partial charge on any atom is -0.482 e. The number of rotatable bonds is 5. The second kappa shape index (κ2) is 9.90. The number of carboxylic acid groups (broad SMARTS) is 1. The molecule has 200 valence electrons. The number of pyridine rings is 1. The molecule has 11 heteroatoms. The Hall–Kier alpha value is -4.25. The minimum atomic E-state index is -1.16. The zero-order valence-electron chi connectivity index (χ0n) is 20.1. The number of aliphatic carboxylic acids is 1. The van der Waals surface area contributed by atoms with Gasteiger partial charge in [-0.05, 0) is 50.3 Å². The molecule has 38 heavy (non-hydrogen) atoms. The number of aliphatic hydroxyl groups is 1. The Morgan fingerprint density at radius 1 is 1.29 bits per heavy atom. The number of nitrogens with zero attached hydrogens (tertiary/aromatic N) is 2. The number of benzene rings is 1. The number of nitrogens with one attached hydrogen (secondary N) is 2. The number of anilines is 2. The number of carbonyl (C=O) groups is 3. The molecule has 1 aromatic carbocycles. The first-order valence-electron chi connectivity index (χ1n) is 11.7. The zero-order chi connectivity index (χ0) is 26.5. The van der Waals surface area contributed by atoms with Crippen molar-refractivity contribution >= 4 is 40.4 Å². The lowest BCUT2D eigenvalue weighted by Crippen LogP contribution is -2.45. The second-order valence-corrected chi connectivity index (χ2v) is 9.63. The molecule has 4 heterocycles. The molecular formula is C27H29FN4O6. The molecule has 2 amide bonds. The van der Waals surface area contributed by atoms with Gasteiger partial charge in [-0.3, -0.25) is 14.4 Å². The molecule has 0 saturated carbocycles. The highest BCUT2D eigenvalue weighted by atomic mass is 19.1. The fourth-order valence-corrected chi connectivity index (χ4v) is 4.91. The minimum absolute atomic E-state index is 0. The average molecular weight is 525 g/mol. The molecule has 0 aliphatic carbocycles. The Bertz CT molecular complexity index is 1370. The molecule has 3 aliphatic rings. The summed E-state index contributed by atoms with van der Waals surface area (Å²) in [6.45, 7) is 3.36. The van der Waals surface area contributed by atoms with Gasteiger partial charge in [0.2, 0.25) is 5.91 Å². The molecule has 2 atom stereocenters. The summed E-state index contributed by atoms with van der Waals surface area (Å²) in [5.41, 5.74) is 1.85. The summed E-state index contributed by atoms with van der Waals surface area (Å²) in [4.78, 5) is 42.1. The van der Waals surface area contributed by atoms with Crippen LogP contribution in [0.5, 0.6) is 0 Å². The van der Waals surface area contributed by atoms with Crippen molar-refractivity contribution in [2.24, 2.45) is 0 Å². The molecule has 3 aliphatic heterocycles. The maximum absolute atomic E-state index is 13.9. The lowest BCUT2D eigenvalue weighted by Gasteiger charge is -2.26. The first-order chi connectivity index (χ1) is 17.5. The molecule has 10 nitrogen and oxygen atoms in total. The summed E-state index contributed by atoms with van der Waals surface area (Å²) in [5, 5.41) is 24.1. The van der Waals surface area contributed by atoms with E-state index in [-0.39, 0.29) is 31.9 Å². The quantitative estimate of drug-likeness (QED) is 0.438. The Morgan fingerprint density at radius 3 is 2.74 bits per heavy atom. The van der Waals surface area contributed by atoms with E-state index >= 15 is 0 Å². The number of β-amino-alcohol motifs (C(OH)–C–C–N with tert-alkyl or cyclic N) is 1. The molecule has 2 aromatic rings. The molecule has 1 saturated heterocycles. The largest absolute Gasteiger partial charge is 0.482 e. The van der Waals surface area contributed by atoms with E-state index < -0.39 is 42.0 Å². The van der Waals surface area contributed by atoms with Gasteiger partial charge in [0, 0.05) is 41.5 Å². The predicted molar refractivity (Wildman–Crippen MR) is 138 cm³/mol. The lowest BCUT2D eigenvalue weighted by atomic mass is 9.93. The van der Waals surface area contributed by atoms with Crippen LogP contribution in [-0.2, 0) is 19.1 Å². The summed E-state index contributed by atoms with van der Waals surface area (Å²) in [7, 11) is 0. The number of hydrogen-bond acceptors (Lipinski definition) is 7. The van der Waals surface area contributed by atoms with Gasteiger partial charge in [0.1, 0.15) is 35.6 Å². The fraction of sp³-hybridized carbons (Fsp3) is 0.333. The van der Waals surface area contributed by atoms with E-state index in [4.69, 9.17) is 9.84 Å². The second-order valence-electron chi connectivity index (χ2n) is 9.63. The maximum Gasteiger partial charge on any atom is 0.322 e. The number of allylic oxidation sites excluding steroid dienone is 1. The normalized spacial score (nSPS) is 23.2. The maximum atomic E-state index is 13.9. The molecule has 0 radical (unpaired) electrons. The van der Waals surface area contributed by atoms with Crippen molar-refractivity contribution in [3.05, 3.63) is 65.3 Å². The highest BCUT2D eigenvalue weighted by Crippen LogP contribution is 2.44. The summed E-state index contributed by atoms with van der Waals surface area (Å²) < 4.78 is 20.0. The third-order valence-corrected chi connectivity index (χ3v) is 6.61. The van der Waals surface area contributed by atoms with Crippen LogP contribution >= 0.6 is 0 Å². The number of carboxylic acids is 1. The van der Waals surface area contributed by atoms with Gasteiger partial charge in [0.15, 0.2) is 0 Å². The number of carbonyl (C=O) groups excluding carboxylic acids is 2. The Morgan fingerprint density at radius 2 is 2.05 bits per heavy atom. The highest BCUT2D eigenvalue weighted by molar-refractivity contribution is 6.32. The van der Waals surface area contributed by atoms with Crippen LogP contribution in [0.1, 0.15) is 38.8 Å². The van der Waals surface area contributed by atoms with E-state index in [0.717, 1.165) is 5.57 Å². The number of halogens is 1. The van der Waals surface area contributed by atoms with Crippen LogP contribution in [0.3, 0.4) is 0 Å². The van der Waals surface area contributed by atoms with Crippen molar-refractivity contribution in [2.75, 3.05) is 23.3 Å². The van der Waals surface area contributed by atoms with E-state index in [1.165, 1.54) is 18.2 Å². The third-order valence-electron chi connectivity index (χ3n) is 6.61. The molecule has 0 bridgehead atoms. The van der Waals surface area contributed by atoms with E-state index in [0.29, 0.717) is 28.4 Å². The number of ether oxygens (including phenoxy) is 1. The molecule has 0 spiro atoms. The van der Waals surface area contributed by atoms with E-state index in [9.17, 15) is 23.9 Å². The van der Waals surface area contributed by atoms with Crippen LogP contribution in [0.15, 0.2) is 48.4 Å². The van der Waals surface area contributed by atoms with Gasteiger partial charge < -0.3 is 30.5 Å². The SMILES string of the molecule is C.CC1(C)O/C(=C2/C(=O)Nc3ccc(F)cc32)C=C1c1ccc(N2C[C@H](O)C[C@H]2C(=O)NCC(=O)O)nc1. The van der Waals surface area contributed by atoms with Gasteiger partial charge >= 0.3 is 5.97 Å². The average Bonchev–Trinajstić information content (AvgIpc) is 3.48. The van der Waals surface area contributed by atoms with Gasteiger partial charge in [-0.2, -0.15) is 0 Å². The number of amides is 2. The number of aliphatic hydroxyl groups excluding tert-OH is 1. The lowest BCUT2D eigenvalue weighted by molar-refractivity contribution is -0.138. The first kappa shape index (κ1) is 26.8. The van der Waals surface area contributed by atoms with E-state index in [1.807, 2.05) is 13.8 Å². The molecule has 0 unspecified atom stereocenters. The monoisotopic (exact) mass is 524 g/mol. The van der Waals surface area contributed by atoms with Crippen LogP contribution in [0.2, 0.25) is 0 Å². The summed E-state index contributed by atoms with van der Waals surface area (Å²) in [6.07, 6.45) is 2.75. The Balaban J connectivity index is 0.00000336. The van der Waals surface area contributed by atoms with E-state index in [2.05, 4.69) is 15.6 Å². The van der Waals surface area contributed by atoms with E-state index in [1.54, 1.807) is 29.3 Å². The van der Waals surface area contributed by atoms with Gasteiger partial charge in [-0.15, -0.1) is 0 Å². The van der Waals surface area contributed by atoms with Crippen LogP contribution in [0.4, 0.5) is 15.9 Å². The molecule has 5 rings (SSSR count). The van der Waals surface area contributed by atoms with Gasteiger partial charge in [0.05, 0.1) is 11.7 Å². The van der Waals surface area contributed by atoms with Crippen LogP contribution in [0.25, 0.3) is 11.1 Å². The molecule has 4 N–H and O–H groups in total. The van der Waals surface area contributed by atoms with Crippen molar-refractivity contribution in [3.63, 3.8) is 0 Å². The van der Waals surface area contributed by atoms with Gasteiger partial charge in [-0.1, -0.05) is 7.43 Å². The van der Waals surface area contributed by atoms with Crippen molar-refractivity contribution in [2.45, 2.75) is 45.4 Å². The predicted octanol–water partition coefficient (Wildman–Crippen LogP) is 2.55. The fourth-order valence-electron chi connectivity index (χ4n) is 4.91. The topological polar surface area (TPSA) is 141 Å². The smallest absolute Gasteiger partial charge is 0.322 e. The van der Waals surface area contributed by atoms with Crippen molar-refractivity contribution in [1.29, 1.82) is 0 Å². The summed E-state index contributed by atoms with van der Waals surface area (Å²) >= 11 is 0. The van der Waals surface area contributed by atoms with Crippen LogP contribution in [-0.4, -0.2) is 63.8 Å². The van der Waals surface area contributed by atoms with Crippen molar-refractivity contribution in [1.82, 2.24) is 10.3 Å². The van der Waals surface area contributed by atoms with Gasteiger partial charge in [0.25, 0.3) is 5.91 Å². The Labute approximate surface area is 218 Å². The summed E-state index contributed by atoms with van der Waals surface area (Å²) in [6, 6.07) is 6.83. The van der Waals surface area contributed by atoms with Gasteiger partial charge in [-0.25, -0.2) is 9.37 Å². The molecular weight excluding hydrogens is 495 g/mol. The number of aromatic nitrogens is 1.